The van der Waals surface area contributed by atoms with Crippen LogP contribution in [0.4, 0.5) is 10.1 Å². The highest BCUT2D eigenvalue weighted by molar-refractivity contribution is 7.89. The summed E-state index contributed by atoms with van der Waals surface area (Å²) >= 11 is 0. The van der Waals surface area contributed by atoms with Crippen molar-refractivity contribution in [3.05, 3.63) is 24.0 Å². The highest BCUT2D eigenvalue weighted by Gasteiger charge is 2.36. The molecule has 1 aromatic carbocycles. The minimum atomic E-state index is -3.70. The van der Waals surface area contributed by atoms with Crippen LogP contribution >= 0.6 is 0 Å². The highest BCUT2D eigenvalue weighted by atomic mass is 32.2. The number of fused-ring (bicyclic) bond motifs is 3. The third-order valence-electron chi connectivity index (χ3n) is 4.22. The molecule has 20 heavy (non-hydrogen) atoms. The number of anilines is 1. The van der Waals surface area contributed by atoms with Crippen LogP contribution in [0, 0.1) is 11.7 Å². The maximum atomic E-state index is 13.0. The number of nitrogen functional groups attached to an aromatic ring is 1. The number of nitrogens with two attached hydrogens (primary N) is 1. The van der Waals surface area contributed by atoms with Gasteiger partial charge in [0.15, 0.2) is 0 Å². The van der Waals surface area contributed by atoms with Gasteiger partial charge in [0.25, 0.3) is 0 Å². The Kier molecular flexibility index (Phi) is 3.43. The van der Waals surface area contributed by atoms with E-state index < -0.39 is 15.8 Å². The second-order valence-corrected chi connectivity index (χ2v) is 7.23. The van der Waals surface area contributed by atoms with E-state index in [1.54, 1.807) is 0 Å². The van der Waals surface area contributed by atoms with Crippen LogP contribution in [0.2, 0.25) is 0 Å². The van der Waals surface area contributed by atoms with Gasteiger partial charge in [-0.2, -0.15) is 0 Å². The molecule has 4 rings (SSSR count). The molecule has 2 bridgehead atoms. The smallest absolute Gasteiger partial charge is 0.242 e. The molecule has 0 saturated carbocycles. The fraction of sp³-hybridized carbons (Fsp3) is 0.538. The van der Waals surface area contributed by atoms with E-state index >= 15 is 0 Å². The van der Waals surface area contributed by atoms with Crippen LogP contribution in [0.5, 0.6) is 0 Å². The molecule has 3 aliphatic rings. The lowest BCUT2D eigenvalue weighted by Crippen LogP contribution is -2.57. The summed E-state index contributed by atoms with van der Waals surface area (Å²) in [6, 6.07) is 3.29. The molecule has 5 nitrogen and oxygen atoms in total. The summed E-state index contributed by atoms with van der Waals surface area (Å²) in [6.07, 6.45) is 2.04. The zero-order valence-electron chi connectivity index (χ0n) is 11.0. The topological polar surface area (TPSA) is 75.4 Å². The number of halogens is 1. The molecule has 7 heteroatoms. The quantitative estimate of drug-likeness (QED) is 0.809. The van der Waals surface area contributed by atoms with Gasteiger partial charge in [-0.3, -0.25) is 0 Å². The first-order valence-corrected chi connectivity index (χ1v) is 8.24. The lowest BCUT2D eigenvalue weighted by Gasteiger charge is -2.44. The maximum absolute atomic E-state index is 13.0. The Bertz CT molecular complexity index is 612. The summed E-state index contributed by atoms with van der Waals surface area (Å²) < 4.78 is 40.5. The van der Waals surface area contributed by atoms with Gasteiger partial charge in [-0.15, -0.1) is 0 Å². The van der Waals surface area contributed by atoms with Crippen molar-refractivity contribution < 1.29 is 12.8 Å². The Morgan fingerprint density at radius 3 is 2.55 bits per heavy atom. The molecule has 3 N–H and O–H groups in total. The number of nitrogens with zero attached hydrogens (tertiary/aromatic N) is 1. The Morgan fingerprint density at radius 2 is 2.00 bits per heavy atom. The number of piperidine rings is 3. The fourth-order valence-corrected chi connectivity index (χ4v) is 4.53. The highest BCUT2D eigenvalue weighted by Crippen LogP contribution is 2.29. The van der Waals surface area contributed by atoms with Crippen molar-refractivity contribution in [2.24, 2.45) is 5.92 Å². The molecule has 3 fully saturated rings. The first kappa shape index (κ1) is 13.8. The molecule has 1 atom stereocenters. The minimum absolute atomic E-state index is 0.0460. The van der Waals surface area contributed by atoms with Crippen LogP contribution in [0.25, 0.3) is 0 Å². The summed E-state index contributed by atoms with van der Waals surface area (Å²) in [6.45, 7) is 2.83. The van der Waals surface area contributed by atoms with E-state index in [2.05, 4.69) is 9.62 Å². The number of rotatable bonds is 3. The molecule has 0 aliphatic carbocycles. The summed E-state index contributed by atoms with van der Waals surface area (Å²) in [5.74, 6) is -0.152. The Morgan fingerprint density at radius 1 is 1.30 bits per heavy atom. The van der Waals surface area contributed by atoms with Gasteiger partial charge in [0.1, 0.15) is 10.7 Å². The molecule has 3 aliphatic heterocycles. The molecule has 0 amide bonds. The van der Waals surface area contributed by atoms with Gasteiger partial charge in [0.05, 0.1) is 5.69 Å². The molecule has 0 aromatic heterocycles. The fourth-order valence-electron chi connectivity index (χ4n) is 3.13. The third kappa shape index (κ3) is 2.53. The van der Waals surface area contributed by atoms with Gasteiger partial charge in [-0.1, -0.05) is 0 Å². The molecule has 0 spiro atoms. The predicted molar refractivity (Wildman–Crippen MR) is 74.1 cm³/mol. The average Bonchev–Trinajstić information content (AvgIpc) is 2.39. The number of hydrogen-bond donors (Lipinski definition) is 2. The monoisotopic (exact) mass is 299 g/mol. The van der Waals surface area contributed by atoms with Gasteiger partial charge >= 0.3 is 0 Å². The SMILES string of the molecule is Nc1cc(F)ccc1S(=O)(=O)NC1CN2CCC1CC2. The lowest BCUT2D eigenvalue weighted by atomic mass is 9.85. The average molecular weight is 299 g/mol. The lowest BCUT2D eigenvalue weighted by molar-refractivity contribution is 0.0827. The van der Waals surface area contributed by atoms with Crippen molar-refractivity contribution in [2.45, 2.75) is 23.8 Å². The van der Waals surface area contributed by atoms with Crippen LogP contribution in [-0.2, 0) is 10.0 Å². The molecule has 0 radical (unpaired) electrons. The van der Waals surface area contributed by atoms with Crippen molar-refractivity contribution in [2.75, 3.05) is 25.4 Å². The predicted octanol–water partition coefficient (Wildman–Crippen LogP) is 0.780. The molecule has 3 heterocycles. The second-order valence-electron chi connectivity index (χ2n) is 5.55. The Hall–Kier alpha value is -1.18. The molecule has 1 unspecified atom stereocenters. The molecule has 1 aromatic rings. The minimum Gasteiger partial charge on any atom is -0.398 e. The molecular formula is C13H18FN3O2S. The second kappa shape index (κ2) is 4.98. The molecule has 110 valence electrons. The summed E-state index contributed by atoms with van der Waals surface area (Å²) in [5, 5.41) is 0. The number of sulfonamides is 1. The van der Waals surface area contributed by atoms with E-state index in [4.69, 9.17) is 5.73 Å². The zero-order chi connectivity index (χ0) is 14.3. The maximum Gasteiger partial charge on any atom is 0.242 e. The molecular weight excluding hydrogens is 281 g/mol. The van der Waals surface area contributed by atoms with Gasteiger partial charge in [-0.05, 0) is 50.0 Å². The normalized spacial score (nSPS) is 29.6. The summed E-state index contributed by atoms with van der Waals surface area (Å²) in [5.41, 5.74) is 5.56. The van der Waals surface area contributed by atoms with Crippen LogP contribution in [0.15, 0.2) is 23.1 Å². The van der Waals surface area contributed by atoms with Crippen LogP contribution in [0.3, 0.4) is 0 Å². The van der Waals surface area contributed by atoms with E-state index in [9.17, 15) is 12.8 Å². The van der Waals surface area contributed by atoms with E-state index in [1.165, 1.54) is 6.07 Å². The Labute approximate surface area is 118 Å². The van der Waals surface area contributed by atoms with Gasteiger partial charge in [0.2, 0.25) is 10.0 Å². The van der Waals surface area contributed by atoms with E-state index in [0.717, 1.165) is 44.6 Å². The van der Waals surface area contributed by atoms with Crippen molar-refractivity contribution in [1.29, 1.82) is 0 Å². The van der Waals surface area contributed by atoms with Crippen LogP contribution in [0.1, 0.15) is 12.8 Å². The van der Waals surface area contributed by atoms with Crippen LogP contribution < -0.4 is 10.5 Å². The van der Waals surface area contributed by atoms with Crippen molar-refractivity contribution in [1.82, 2.24) is 9.62 Å². The largest absolute Gasteiger partial charge is 0.398 e. The number of nitrogens with one attached hydrogen (secondary N) is 1. The van der Waals surface area contributed by atoms with Crippen molar-refractivity contribution >= 4 is 15.7 Å². The first-order chi connectivity index (χ1) is 9.45. The van der Waals surface area contributed by atoms with Crippen molar-refractivity contribution in [3.8, 4) is 0 Å². The Balaban J connectivity index is 1.82. The van der Waals surface area contributed by atoms with Gasteiger partial charge < -0.3 is 10.6 Å². The third-order valence-corrected chi connectivity index (χ3v) is 5.79. The summed E-state index contributed by atoms with van der Waals surface area (Å²) in [7, 11) is -3.70. The van der Waals surface area contributed by atoms with E-state index in [1.807, 2.05) is 0 Å². The van der Waals surface area contributed by atoms with Gasteiger partial charge in [-0.25, -0.2) is 17.5 Å². The first-order valence-electron chi connectivity index (χ1n) is 6.75. The number of hydrogen-bond acceptors (Lipinski definition) is 4. The molecule has 3 saturated heterocycles. The zero-order valence-corrected chi connectivity index (χ0v) is 11.9. The van der Waals surface area contributed by atoms with Crippen LogP contribution in [-0.4, -0.2) is 39.0 Å². The van der Waals surface area contributed by atoms with Gasteiger partial charge in [0, 0.05) is 12.6 Å². The summed E-state index contributed by atoms with van der Waals surface area (Å²) in [4.78, 5) is 2.22. The standard InChI is InChI=1S/C13H18FN3O2S/c14-10-1-2-13(11(15)7-10)20(18,19)16-12-8-17-5-3-9(12)4-6-17/h1-2,7,9,12,16H,3-6,8,15H2. The number of benzene rings is 1. The van der Waals surface area contributed by atoms with E-state index in [-0.39, 0.29) is 16.6 Å². The van der Waals surface area contributed by atoms with E-state index in [0.29, 0.717) is 5.92 Å². The van der Waals surface area contributed by atoms with Crippen molar-refractivity contribution in [3.63, 3.8) is 0 Å².